The van der Waals surface area contributed by atoms with Crippen LogP contribution in [0.4, 0.5) is 0 Å². The summed E-state index contributed by atoms with van der Waals surface area (Å²) >= 11 is 29.8. The highest BCUT2D eigenvalue weighted by Gasteiger charge is 2.23. The fraction of sp³-hybridized carbons (Fsp3) is 0.0714. The summed E-state index contributed by atoms with van der Waals surface area (Å²) in [5.41, 5.74) is 0.943. The summed E-state index contributed by atoms with van der Waals surface area (Å²) < 4.78 is 0. The van der Waals surface area contributed by atoms with Gasteiger partial charge < -0.3 is 5.32 Å². The van der Waals surface area contributed by atoms with Gasteiger partial charge >= 0.3 is 0 Å². The molecule has 0 bridgehead atoms. The number of nitrogens with one attached hydrogen (secondary N) is 1. The zero-order valence-electron chi connectivity index (χ0n) is 10.4. The van der Waals surface area contributed by atoms with Crippen molar-refractivity contribution in [1.82, 2.24) is 5.32 Å². The fourth-order valence-electron chi connectivity index (χ4n) is 1.67. The van der Waals surface area contributed by atoms with Crippen molar-refractivity contribution in [3.05, 3.63) is 66.6 Å². The van der Waals surface area contributed by atoms with E-state index < -0.39 is 5.91 Å². The second-order valence-electron chi connectivity index (χ2n) is 4.11. The third-order valence-electron chi connectivity index (χ3n) is 2.73. The maximum Gasteiger partial charge on any atom is 0.254 e. The van der Waals surface area contributed by atoms with Crippen LogP contribution in [0.3, 0.4) is 0 Å². The van der Waals surface area contributed by atoms with Crippen molar-refractivity contribution in [1.29, 1.82) is 0 Å². The molecule has 7 heteroatoms. The van der Waals surface area contributed by atoms with Gasteiger partial charge in [-0.05, 0) is 5.56 Å². The lowest BCUT2D eigenvalue weighted by Gasteiger charge is -2.12. The number of carbonyl (C=O) groups excluding carboxylic acids is 1. The number of amides is 1. The van der Waals surface area contributed by atoms with Crippen molar-refractivity contribution in [3.8, 4) is 0 Å². The van der Waals surface area contributed by atoms with Crippen LogP contribution in [-0.4, -0.2) is 5.91 Å². The highest BCUT2D eigenvalue weighted by molar-refractivity contribution is 6.56. The van der Waals surface area contributed by atoms with E-state index in [1.165, 1.54) is 0 Å². The Morgan fingerprint density at radius 2 is 1.29 bits per heavy atom. The first-order valence-corrected chi connectivity index (χ1v) is 7.66. The normalized spacial score (nSPS) is 10.5. The minimum Gasteiger partial charge on any atom is -0.348 e. The molecule has 1 N–H and O–H groups in total. The van der Waals surface area contributed by atoms with Crippen molar-refractivity contribution in [2.45, 2.75) is 6.54 Å². The first-order chi connectivity index (χ1) is 9.93. The second-order valence-corrected chi connectivity index (χ2v) is 6.00. The standard InChI is InChI=1S/C14H8Cl5NO/c15-9-8(10(16)12(18)13(19)11(9)17)14(21)20-6-7-4-2-1-3-5-7/h1-5H,6H2,(H,20,21). The minimum absolute atomic E-state index is 0.00223. The predicted octanol–water partition coefficient (Wildman–Crippen LogP) is 5.88. The van der Waals surface area contributed by atoms with Gasteiger partial charge in [0.15, 0.2) is 0 Å². The van der Waals surface area contributed by atoms with E-state index in [4.69, 9.17) is 58.0 Å². The Balaban J connectivity index is 2.28. The Morgan fingerprint density at radius 1 is 0.810 bits per heavy atom. The van der Waals surface area contributed by atoms with E-state index in [1.54, 1.807) is 0 Å². The van der Waals surface area contributed by atoms with Gasteiger partial charge in [-0.1, -0.05) is 88.3 Å². The molecule has 2 nitrogen and oxygen atoms in total. The smallest absolute Gasteiger partial charge is 0.254 e. The highest BCUT2D eigenvalue weighted by Crippen LogP contribution is 2.43. The third kappa shape index (κ3) is 3.58. The maximum atomic E-state index is 12.2. The summed E-state index contributed by atoms with van der Waals surface area (Å²) in [7, 11) is 0. The van der Waals surface area contributed by atoms with Gasteiger partial charge in [0.05, 0.1) is 30.7 Å². The summed E-state index contributed by atoms with van der Waals surface area (Å²) in [6, 6.07) is 9.39. The molecule has 0 heterocycles. The Labute approximate surface area is 146 Å². The van der Waals surface area contributed by atoms with Crippen LogP contribution in [0.2, 0.25) is 25.1 Å². The molecule has 2 aromatic carbocycles. The summed E-state index contributed by atoms with van der Waals surface area (Å²) in [5.74, 6) is -0.477. The monoisotopic (exact) mass is 381 g/mol. The lowest BCUT2D eigenvalue weighted by molar-refractivity contribution is 0.0951. The molecule has 2 rings (SSSR count). The van der Waals surface area contributed by atoms with Gasteiger partial charge in [-0.3, -0.25) is 4.79 Å². The Bertz CT molecular complexity index is 659. The second kappa shape index (κ2) is 7.08. The molecule has 1 amide bonds. The summed E-state index contributed by atoms with van der Waals surface area (Å²) in [6.07, 6.45) is 0. The number of hydrogen-bond donors (Lipinski definition) is 1. The van der Waals surface area contributed by atoms with E-state index in [9.17, 15) is 4.79 Å². The van der Waals surface area contributed by atoms with Crippen molar-refractivity contribution in [3.63, 3.8) is 0 Å². The first-order valence-electron chi connectivity index (χ1n) is 5.77. The Morgan fingerprint density at radius 3 is 1.81 bits per heavy atom. The number of carbonyl (C=O) groups is 1. The topological polar surface area (TPSA) is 29.1 Å². The zero-order chi connectivity index (χ0) is 15.6. The molecule has 0 radical (unpaired) electrons. The molecule has 0 saturated carbocycles. The Kier molecular flexibility index (Phi) is 5.64. The largest absolute Gasteiger partial charge is 0.348 e. The SMILES string of the molecule is O=C(NCc1ccccc1)c1c(Cl)c(Cl)c(Cl)c(Cl)c1Cl. The van der Waals surface area contributed by atoms with E-state index in [1.807, 2.05) is 30.3 Å². The predicted molar refractivity (Wildman–Crippen MR) is 89.1 cm³/mol. The molecule has 0 atom stereocenters. The molecule has 0 aliphatic carbocycles. The van der Waals surface area contributed by atoms with Gasteiger partial charge in [-0.15, -0.1) is 0 Å². The molecular formula is C14H8Cl5NO. The summed E-state index contributed by atoms with van der Waals surface area (Å²) in [6.45, 7) is 0.324. The molecule has 0 aromatic heterocycles. The number of rotatable bonds is 3. The Hall–Kier alpha value is -0.640. The fourth-order valence-corrected chi connectivity index (χ4v) is 2.98. The lowest BCUT2D eigenvalue weighted by atomic mass is 10.2. The zero-order valence-corrected chi connectivity index (χ0v) is 14.2. The van der Waals surface area contributed by atoms with Crippen molar-refractivity contribution in [2.75, 3.05) is 0 Å². The molecule has 21 heavy (non-hydrogen) atoms. The van der Waals surface area contributed by atoms with Gasteiger partial charge in [0.25, 0.3) is 5.91 Å². The molecular weight excluding hydrogens is 375 g/mol. The van der Waals surface area contributed by atoms with E-state index in [0.29, 0.717) is 6.54 Å². The van der Waals surface area contributed by atoms with Gasteiger partial charge in [-0.25, -0.2) is 0 Å². The highest BCUT2D eigenvalue weighted by atomic mass is 35.5. The van der Waals surface area contributed by atoms with Gasteiger partial charge in [-0.2, -0.15) is 0 Å². The van der Waals surface area contributed by atoms with Gasteiger partial charge in [0.1, 0.15) is 0 Å². The van der Waals surface area contributed by atoms with Crippen LogP contribution in [-0.2, 0) is 6.54 Å². The van der Waals surface area contributed by atoms with Crippen LogP contribution >= 0.6 is 58.0 Å². The number of hydrogen-bond acceptors (Lipinski definition) is 1. The average Bonchev–Trinajstić information content (AvgIpc) is 2.50. The molecule has 0 fully saturated rings. The first kappa shape index (κ1) is 16.7. The van der Waals surface area contributed by atoms with E-state index in [-0.39, 0.29) is 30.7 Å². The third-order valence-corrected chi connectivity index (χ3v) is 5.01. The van der Waals surface area contributed by atoms with Crippen LogP contribution in [0.25, 0.3) is 0 Å². The van der Waals surface area contributed by atoms with Crippen molar-refractivity contribution in [2.24, 2.45) is 0 Å². The van der Waals surface area contributed by atoms with Crippen LogP contribution in [0.1, 0.15) is 15.9 Å². The van der Waals surface area contributed by atoms with Crippen LogP contribution in [0, 0.1) is 0 Å². The molecule has 0 saturated heterocycles. The van der Waals surface area contributed by atoms with Gasteiger partial charge in [0.2, 0.25) is 0 Å². The molecule has 110 valence electrons. The molecule has 2 aromatic rings. The molecule has 0 unspecified atom stereocenters. The number of halogens is 5. The van der Waals surface area contributed by atoms with E-state index in [0.717, 1.165) is 5.56 Å². The van der Waals surface area contributed by atoms with Crippen LogP contribution in [0.5, 0.6) is 0 Å². The molecule has 0 aliphatic rings. The van der Waals surface area contributed by atoms with Crippen LogP contribution in [0.15, 0.2) is 30.3 Å². The minimum atomic E-state index is -0.477. The molecule has 0 spiro atoms. The van der Waals surface area contributed by atoms with Crippen molar-refractivity contribution < 1.29 is 4.79 Å². The summed E-state index contributed by atoms with van der Waals surface area (Å²) in [4.78, 5) is 12.2. The van der Waals surface area contributed by atoms with E-state index >= 15 is 0 Å². The summed E-state index contributed by atoms with van der Waals surface area (Å²) in [5, 5.41) is 2.67. The average molecular weight is 383 g/mol. The van der Waals surface area contributed by atoms with Crippen LogP contribution < -0.4 is 5.32 Å². The number of benzene rings is 2. The quantitative estimate of drug-likeness (QED) is 0.520. The van der Waals surface area contributed by atoms with Gasteiger partial charge in [0, 0.05) is 6.54 Å². The molecule has 0 aliphatic heterocycles. The maximum absolute atomic E-state index is 12.2. The van der Waals surface area contributed by atoms with E-state index in [2.05, 4.69) is 5.32 Å². The van der Waals surface area contributed by atoms with Crippen molar-refractivity contribution >= 4 is 63.9 Å². The lowest BCUT2D eigenvalue weighted by Crippen LogP contribution is -2.23.